The largest absolute Gasteiger partial charge is 0.494 e. The molecule has 162 valence electrons. The molecule has 32 heavy (non-hydrogen) atoms. The van der Waals surface area contributed by atoms with Crippen LogP contribution in [0.25, 0.3) is 5.69 Å². The van der Waals surface area contributed by atoms with Crippen molar-refractivity contribution in [1.82, 2.24) is 15.2 Å². The number of nitrogens with zero attached hydrogens (tertiary/aromatic N) is 4. The molecule has 0 aliphatic carbocycles. The van der Waals surface area contributed by atoms with Gasteiger partial charge < -0.3 is 9.47 Å². The summed E-state index contributed by atoms with van der Waals surface area (Å²) in [5, 5.41) is 17.7. The number of aromatic nitrogens is 2. The van der Waals surface area contributed by atoms with Gasteiger partial charge in [0, 0.05) is 11.1 Å². The monoisotopic (exact) mass is 431 g/mol. The van der Waals surface area contributed by atoms with Crippen molar-refractivity contribution < 1.29 is 14.3 Å². The van der Waals surface area contributed by atoms with Gasteiger partial charge in [-0.15, -0.1) is 0 Å². The quantitative estimate of drug-likeness (QED) is 0.454. The number of hydrazone groups is 1. The van der Waals surface area contributed by atoms with Gasteiger partial charge in [-0.1, -0.05) is 24.3 Å². The fourth-order valence-electron chi connectivity index (χ4n) is 3.01. The molecule has 0 aliphatic rings. The van der Waals surface area contributed by atoms with E-state index in [-0.39, 0.29) is 16.8 Å². The van der Waals surface area contributed by atoms with Gasteiger partial charge in [0.1, 0.15) is 28.8 Å². The van der Waals surface area contributed by atoms with Gasteiger partial charge in [-0.05, 0) is 38.1 Å². The van der Waals surface area contributed by atoms with Crippen LogP contribution in [0.15, 0.2) is 58.4 Å². The molecule has 1 heterocycles. The standard InChI is InChI=1S/C23H21N5O4/c1-4-32-19-11-7-5-9-16(19)14-25-26-22(29)21-15(2)17(13-24)23(30)28(27-21)18-10-6-8-12-20(18)31-3/h5-12,14H,4H2,1-3H3,(H,26,29)/b25-14+. The summed E-state index contributed by atoms with van der Waals surface area (Å²) in [6.07, 6.45) is 1.44. The number of carbonyl (C=O) groups excluding carboxylic acids is 1. The third-order valence-electron chi connectivity index (χ3n) is 4.57. The van der Waals surface area contributed by atoms with Gasteiger partial charge in [0.05, 0.1) is 19.9 Å². The molecule has 9 heteroatoms. The minimum absolute atomic E-state index is 0.109. The number of ether oxygens (including phenoxy) is 2. The van der Waals surface area contributed by atoms with Crippen LogP contribution in [0.2, 0.25) is 0 Å². The summed E-state index contributed by atoms with van der Waals surface area (Å²) in [5.74, 6) is 0.318. The third-order valence-corrected chi connectivity index (χ3v) is 4.57. The Morgan fingerprint density at radius 1 is 1.22 bits per heavy atom. The van der Waals surface area contributed by atoms with Gasteiger partial charge in [-0.3, -0.25) is 9.59 Å². The summed E-state index contributed by atoms with van der Waals surface area (Å²) >= 11 is 0. The fraction of sp³-hybridized carbons (Fsp3) is 0.174. The lowest BCUT2D eigenvalue weighted by Gasteiger charge is -2.13. The highest BCUT2D eigenvalue weighted by Crippen LogP contribution is 2.21. The fourth-order valence-corrected chi connectivity index (χ4v) is 3.01. The zero-order valence-corrected chi connectivity index (χ0v) is 17.8. The van der Waals surface area contributed by atoms with Crippen LogP contribution >= 0.6 is 0 Å². The topological polar surface area (TPSA) is 119 Å². The van der Waals surface area contributed by atoms with Crippen LogP contribution in [0.1, 0.15) is 34.1 Å². The maximum absolute atomic E-state index is 12.8. The first-order chi connectivity index (χ1) is 15.5. The molecule has 0 unspecified atom stereocenters. The Balaban J connectivity index is 1.98. The second-order valence-corrected chi connectivity index (χ2v) is 6.52. The zero-order valence-electron chi connectivity index (χ0n) is 17.8. The maximum Gasteiger partial charge on any atom is 0.292 e. The first-order valence-corrected chi connectivity index (χ1v) is 9.74. The van der Waals surface area contributed by atoms with Crippen molar-refractivity contribution in [2.75, 3.05) is 13.7 Å². The molecule has 0 saturated heterocycles. The van der Waals surface area contributed by atoms with E-state index in [2.05, 4.69) is 15.6 Å². The average Bonchev–Trinajstić information content (AvgIpc) is 2.81. The van der Waals surface area contributed by atoms with Gasteiger partial charge in [-0.25, -0.2) is 5.43 Å². The van der Waals surface area contributed by atoms with Crippen molar-refractivity contribution in [3.05, 3.63) is 81.3 Å². The molecule has 1 N–H and O–H groups in total. The lowest BCUT2D eigenvalue weighted by molar-refractivity contribution is 0.0947. The highest BCUT2D eigenvalue weighted by atomic mass is 16.5. The summed E-state index contributed by atoms with van der Waals surface area (Å²) in [5.41, 5.74) is 2.58. The molecule has 3 rings (SSSR count). The van der Waals surface area contributed by atoms with Gasteiger partial charge in [0.25, 0.3) is 11.5 Å². The molecule has 3 aromatic rings. The third kappa shape index (κ3) is 4.49. The normalized spacial score (nSPS) is 10.6. The van der Waals surface area contributed by atoms with Crippen LogP contribution in [0.5, 0.6) is 11.5 Å². The minimum Gasteiger partial charge on any atom is -0.494 e. The molecule has 1 aromatic heterocycles. The van der Waals surface area contributed by atoms with Gasteiger partial charge >= 0.3 is 0 Å². The van der Waals surface area contributed by atoms with E-state index in [9.17, 15) is 14.9 Å². The van der Waals surface area contributed by atoms with Crippen molar-refractivity contribution in [3.63, 3.8) is 0 Å². The second-order valence-electron chi connectivity index (χ2n) is 6.52. The molecule has 0 spiro atoms. The lowest BCUT2D eigenvalue weighted by atomic mass is 10.1. The van der Waals surface area contributed by atoms with Gasteiger partial charge in [0.2, 0.25) is 0 Å². The zero-order chi connectivity index (χ0) is 23.1. The van der Waals surface area contributed by atoms with Crippen molar-refractivity contribution in [3.8, 4) is 23.3 Å². The summed E-state index contributed by atoms with van der Waals surface area (Å²) in [7, 11) is 1.45. The number of nitrogens with one attached hydrogen (secondary N) is 1. The Kier molecular flexibility index (Phi) is 6.98. The number of hydrogen-bond acceptors (Lipinski definition) is 7. The number of benzene rings is 2. The van der Waals surface area contributed by atoms with Crippen LogP contribution in [-0.2, 0) is 0 Å². The van der Waals surface area contributed by atoms with Crippen LogP contribution in [-0.4, -0.2) is 35.6 Å². The summed E-state index contributed by atoms with van der Waals surface area (Å²) in [6, 6.07) is 15.8. The van der Waals surface area contributed by atoms with Crippen molar-refractivity contribution in [2.45, 2.75) is 13.8 Å². The van der Waals surface area contributed by atoms with Crippen molar-refractivity contribution in [1.29, 1.82) is 5.26 Å². The SMILES string of the molecule is CCOc1ccccc1/C=N/NC(=O)c1nn(-c2ccccc2OC)c(=O)c(C#N)c1C. The van der Waals surface area contributed by atoms with Crippen LogP contribution in [0.3, 0.4) is 0 Å². The van der Waals surface area contributed by atoms with E-state index in [1.165, 1.54) is 20.2 Å². The summed E-state index contributed by atoms with van der Waals surface area (Å²) in [6.45, 7) is 3.85. The summed E-state index contributed by atoms with van der Waals surface area (Å²) in [4.78, 5) is 25.6. The minimum atomic E-state index is -0.673. The van der Waals surface area contributed by atoms with Crippen LogP contribution < -0.4 is 20.5 Å². The number of amides is 1. The van der Waals surface area contributed by atoms with Crippen molar-refractivity contribution >= 4 is 12.1 Å². The molecular weight excluding hydrogens is 410 g/mol. The molecule has 0 aliphatic heterocycles. The number of para-hydroxylation sites is 3. The average molecular weight is 431 g/mol. The highest BCUT2D eigenvalue weighted by Gasteiger charge is 2.21. The van der Waals surface area contributed by atoms with Crippen LogP contribution in [0, 0.1) is 18.3 Å². The second kappa shape index (κ2) is 10.0. The Labute approximate surface area is 184 Å². The summed E-state index contributed by atoms with van der Waals surface area (Å²) < 4.78 is 11.8. The van der Waals surface area contributed by atoms with E-state index in [4.69, 9.17) is 9.47 Å². The Morgan fingerprint density at radius 3 is 2.59 bits per heavy atom. The first kappa shape index (κ1) is 22.2. The predicted molar refractivity (Wildman–Crippen MR) is 119 cm³/mol. The number of hydrogen-bond donors (Lipinski definition) is 1. The Hall–Kier alpha value is -4.45. The number of rotatable bonds is 7. The van der Waals surface area contributed by atoms with Crippen LogP contribution in [0.4, 0.5) is 0 Å². The molecule has 0 bridgehead atoms. The van der Waals surface area contributed by atoms with E-state index in [1.54, 1.807) is 36.4 Å². The van der Waals surface area contributed by atoms with E-state index >= 15 is 0 Å². The molecular formula is C23H21N5O4. The number of nitriles is 1. The highest BCUT2D eigenvalue weighted by molar-refractivity contribution is 5.95. The molecule has 0 saturated carbocycles. The molecule has 1 amide bonds. The Bertz CT molecular complexity index is 1270. The van der Waals surface area contributed by atoms with Crippen molar-refractivity contribution in [2.24, 2.45) is 5.10 Å². The first-order valence-electron chi connectivity index (χ1n) is 9.74. The molecule has 0 radical (unpaired) electrons. The predicted octanol–water partition coefficient (Wildman–Crippen LogP) is 2.58. The van der Waals surface area contributed by atoms with Gasteiger partial charge in [-0.2, -0.15) is 20.1 Å². The van der Waals surface area contributed by atoms with Gasteiger partial charge in [0.15, 0.2) is 5.69 Å². The molecule has 2 aromatic carbocycles. The number of carbonyl (C=O) groups is 1. The Morgan fingerprint density at radius 2 is 1.91 bits per heavy atom. The molecule has 0 atom stereocenters. The molecule has 9 nitrogen and oxygen atoms in total. The van der Waals surface area contributed by atoms with E-state index in [0.717, 1.165) is 4.68 Å². The lowest BCUT2D eigenvalue weighted by Crippen LogP contribution is -2.31. The van der Waals surface area contributed by atoms with E-state index < -0.39 is 11.5 Å². The molecule has 0 fully saturated rings. The van der Waals surface area contributed by atoms with E-state index in [1.807, 2.05) is 25.1 Å². The number of methoxy groups -OCH3 is 1. The maximum atomic E-state index is 12.8. The smallest absolute Gasteiger partial charge is 0.292 e. The van der Waals surface area contributed by atoms with E-state index in [0.29, 0.717) is 29.4 Å².